The van der Waals surface area contributed by atoms with Crippen LogP contribution in [0.15, 0.2) is 33.3 Å². The Labute approximate surface area is 203 Å². The molecule has 4 heterocycles. The Balaban J connectivity index is 0.000000191. The zero-order valence-corrected chi connectivity index (χ0v) is 20.8. The van der Waals surface area contributed by atoms with Gasteiger partial charge >= 0.3 is 11.9 Å². The number of nitrogens with zero attached hydrogens (tertiary/aromatic N) is 4. The van der Waals surface area contributed by atoms with E-state index in [4.69, 9.17) is 9.05 Å². The first-order valence-corrected chi connectivity index (χ1v) is 11.9. The number of ether oxygens (including phenoxy) is 2. The summed E-state index contributed by atoms with van der Waals surface area (Å²) >= 11 is 3.21. The van der Waals surface area contributed by atoms with Crippen LogP contribution in [0.2, 0.25) is 0 Å². The number of carbonyl (C=O) groups excluding carboxylic acids is 2. The van der Waals surface area contributed by atoms with E-state index < -0.39 is 0 Å². The molecule has 0 saturated heterocycles. The lowest BCUT2D eigenvalue weighted by atomic mass is 10.3. The number of rotatable bonds is 8. The molecule has 0 saturated carbocycles. The van der Waals surface area contributed by atoms with Crippen molar-refractivity contribution in [2.24, 2.45) is 0 Å². The minimum Gasteiger partial charge on any atom is -0.469 e. The Hall–Kier alpha value is -3.38. The molecule has 0 aliphatic rings. The molecule has 4 aromatic heterocycles. The number of aryl methyl sites for hydroxylation is 4. The average Bonchev–Trinajstić information content (AvgIpc) is 3.63. The first-order chi connectivity index (χ1) is 16.4. The Morgan fingerprint density at radius 2 is 1.18 bits per heavy atom. The molecule has 0 aliphatic heterocycles. The normalized spacial score (nSPS) is 10.5. The lowest BCUT2D eigenvalue weighted by Crippen LogP contribution is -2.01. The topological polar surface area (TPSA) is 130 Å². The average molecular weight is 505 g/mol. The summed E-state index contributed by atoms with van der Waals surface area (Å²) in [6.45, 7) is 4.04. The van der Waals surface area contributed by atoms with Crippen LogP contribution < -0.4 is 0 Å². The standard InChI is InChI=1S/2C11H12N2O3S/c2*1-7-3-4-8(17-7)11-12-9(16-13-11)5-6-10(14)15-2/h2*3-4H,5-6H2,1-2H3. The summed E-state index contributed by atoms with van der Waals surface area (Å²) in [4.78, 5) is 34.7. The van der Waals surface area contributed by atoms with E-state index in [0.29, 0.717) is 36.3 Å². The molecule has 0 fully saturated rings. The maximum Gasteiger partial charge on any atom is 0.306 e. The van der Waals surface area contributed by atoms with Gasteiger partial charge < -0.3 is 18.5 Å². The molecule has 0 atom stereocenters. The van der Waals surface area contributed by atoms with Gasteiger partial charge in [0.05, 0.1) is 36.8 Å². The fourth-order valence-electron chi connectivity index (χ4n) is 2.64. The minimum absolute atomic E-state index is 0.252. The highest BCUT2D eigenvalue weighted by atomic mass is 32.1. The number of thiophene rings is 2. The van der Waals surface area contributed by atoms with Crippen LogP contribution in [0.1, 0.15) is 34.4 Å². The second-order valence-corrected chi connectivity index (χ2v) is 9.57. The minimum atomic E-state index is -0.281. The molecule has 0 radical (unpaired) electrons. The molecule has 34 heavy (non-hydrogen) atoms. The Morgan fingerprint density at radius 1 is 0.765 bits per heavy atom. The highest BCUT2D eigenvalue weighted by Crippen LogP contribution is 2.26. The zero-order chi connectivity index (χ0) is 24.5. The number of hydrogen-bond acceptors (Lipinski definition) is 12. The van der Waals surface area contributed by atoms with Crippen LogP contribution in [0.4, 0.5) is 0 Å². The van der Waals surface area contributed by atoms with Gasteiger partial charge in [-0.25, -0.2) is 0 Å². The van der Waals surface area contributed by atoms with E-state index in [9.17, 15) is 9.59 Å². The fourth-order valence-corrected chi connectivity index (χ4v) is 4.23. The second kappa shape index (κ2) is 12.2. The van der Waals surface area contributed by atoms with Gasteiger partial charge in [0.2, 0.25) is 23.4 Å². The van der Waals surface area contributed by atoms with Crippen LogP contribution in [-0.4, -0.2) is 46.4 Å². The SMILES string of the molecule is COC(=O)CCc1nc(-c2ccc(C)s2)no1.COC(=O)CCc1nc(-c2ccc(C)s2)no1. The van der Waals surface area contributed by atoms with Crippen molar-refractivity contribution in [1.29, 1.82) is 0 Å². The molecule has 0 amide bonds. The monoisotopic (exact) mass is 504 g/mol. The van der Waals surface area contributed by atoms with Crippen LogP contribution in [-0.2, 0) is 31.9 Å². The van der Waals surface area contributed by atoms with Gasteiger partial charge in [0.25, 0.3) is 0 Å². The third-order valence-electron chi connectivity index (χ3n) is 4.40. The van der Waals surface area contributed by atoms with Crippen LogP contribution >= 0.6 is 22.7 Å². The second-order valence-electron chi connectivity index (χ2n) is 7.00. The molecule has 4 rings (SSSR count). The molecule has 12 heteroatoms. The molecule has 4 aromatic rings. The smallest absolute Gasteiger partial charge is 0.306 e. The van der Waals surface area contributed by atoms with E-state index in [1.807, 2.05) is 38.1 Å². The lowest BCUT2D eigenvalue weighted by molar-refractivity contribution is -0.141. The molecule has 0 bridgehead atoms. The first kappa shape index (κ1) is 25.2. The van der Waals surface area contributed by atoms with Crippen molar-refractivity contribution in [3.63, 3.8) is 0 Å². The summed E-state index contributed by atoms with van der Waals surface area (Å²) in [5.41, 5.74) is 0. The summed E-state index contributed by atoms with van der Waals surface area (Å²) in [7, 11) is 2.71. The molecule has 0 spiro atoms. The molecular formula is C22H24N4O6S2. The fraction of sp³-hybridized carbons (Fsp3) is 0.364. The Morgan fingerprint density at radius 3 is 1.50 bits per heavy atom. The molecular weight excluding hydrogens is 480 g/mol. The highest BCUT2D eigenvalue weighted by molar-refractivity contribution is 7.15. The van der Waals surface area contributed by atoms with Gasteiger partial charge in [-0.05, 0) is 38.1 Å². The van der Waals surface area contributed by atoms with Gasteiger partial charge in [0, 0.05) is 22.6 Å². The number of aromatic nitrogens is 4. The molecule has 0 unspecified atom stereocenters. The van der Waals surface area contributed by atoms with E-state index in [0.717, 1.165) is 9.75 Å². The third-order valence-corrected chi connectivity index (χ3v) is 6.39. The van der Waals surface area contributed by atoms with Crippen molar-refractivity contribution in [2.75, 3.05) is 14.2 Å². The largest absolute Gasteiger partial charge is 0.469 e. The molecule has 0 aliphatic carbocycles. The first-order valence-electron chi connectivity index (χ1n) is 10.3. The number of carbonyl (C=O) groups is 2. The molecule has 0 N–H and O–H groups in total. The molecule has 180 valence electrons. The zero-order valence-electron chi connectivity index (χ0n) is 19.2. The van der Waals surface area contributed by atoms with Gasteiger partial charge in [-0.2, -0.15) is 9.97 Å². The quantitative estimate of drug-likeness (QED) is 0.318. The van der Waals surface area contributed by atoms with Crippen molar-refractivity contribution in [3.05, 3.63) is 45.8 Å². The van der Waals surface area contributed by atoms with Gasteiger partial charge in [-0.15, -0.1) is 22.7 Å². The Kier molecular flexibility index (Phi) is 9.05. The maximum absolute atomic E-state index is 11.0. The van der Waals surface area contributed by atoms with Gasteiger partial charge in [0.15, 0.2) is 0 Å². The summed E-state index contributed by atoms with van der Waals surface area (Å²) in [5, 5.41) is 7.75. The summed E-state index contributed by atoms with van der Waals surface area (Å²) in [5.74, 6) is 1.49. The van der Waals surface area contributed by atoms with Crippen LogP contribution in [0, 0.1) is 13.8 Å². The van der Waals surface area contributed by atoms with Crippen LogP contribution in [0.3, 0.4) is 0 Å². The third kappa shape index (κ3) is 7.32. The van der Waals surface area contributed by atoms with E-state index >= 15 is 0 Å². The maximum atomic E-state index is 11.0. The van der Waals surface area contributed by atoms with Crippen molar-refractivity contribution in [1.82, 2.24) is 20.3 Å². The van der Waals surface area contributed by atoms with Crippen molar-refractivity contribution in [3.8, 4) is 21.4 Å². The van der Waals surface area contributed by atoms with Gasteiger partial charge in [0.1, 0.15) is 0 Å². The molecule has 0 aromatic carbocycles. The van der Waals surface area contributed by atoms with E-state index in [1.54, 1.807) is 22.7 Å². The highest BCUT2D eigenvalue weighted by Gasteiger charge is 2.13. The van der Waals surface area contributed by atoms with E-state index in [-0.39, 0.29) is 24.8 Å². The van der Waals surface area contributed by atoms with Crippen molar-refractivity contribution >= 4 is 34.6 Å². The molecule has 10 nitrogen and oxygen atoms in total. The predicted octanol–water partition coefficient (Wildman–Crippen LogP) is 4.42. The van der Waals surface area contributed by atoms with Crippen LogP contribution in [0.5, 0.6) is 0 Å². The summed E-state index contributed by atoms with van der Waals surface area (Å²) in [6.07, 6.45) is 1.32. The van der Waals surface area contributed by atoms with E-state index in [1.165, 1.54) is 24.0 Å². The lowest BCUT2D eigenvalue weighted by Gasteiger charge is -1.93. The predicted molar refractivity (Wildman–Crippen MR) is 125 cm³/mol. The van der Waals surface area contributed by atoms with Crippen molar-refractivity contribution < 1.29 is 28.1 Å². The number of hydrogen-bond donors (Lipinski definition) is 0. The van der Waals surface area contributed by atoms with E-state index in [2.05, 4.69) is 29.8 Å². The summed E-state index contributed by atoms with van der Waals surface area (Å²) in [6, 6.07) is 7.92. The summed E-state index contributed by atoms with van der Waals surface area (Å²) < 4.78 is 19.2. The van der Waals surface area contributed by atoms with Crippen LogP contribution in [0.25, 0.3) is 21.4 Å². The van der Waals surface area contributed by atoms with Crippen molar-refractivity contribution in [2.45, 2.75) is 39.5 Å². The Bertz CT molecular complexity index is 1130. The van der Waals surface area contributed by atoms with Gasteiger partial charge in [-0.3, -0.25) is 9.59 Å². The number of methoxy groups -OCH3 is 2. The van der Waals surface area contributed by atoms with Gasteiger partial charge in [-0.1, -0.05) is 10.3 Å². The number of esters is 2.